The van der Waals surface area contributed by atoms with Gasteiger partial charge in [0.15, 0.2) is 0 Å². The summed E-state index contributed by atoms with van der Waals surface area (Å²) in [6, 6.07) is 16.3. The van der Waals surface area contributed by atoms with E-state index in [1.807, 2.05) is 24.3 Å². The van der Waals surface area contributed by atoms with Crippen molar-refractivity contribution in [1.82, 2.24) is 0 Å². The first-order valence-corrected chi connectivity index (χ1v) is 7.25. The first-order valence-electron chi connectivity index (χ1n) is 6.05. The van der Waals surface area contributed by atoms with Crippen molar-refractivity contribution in [3.8, 4) is 0 Å². The lowest BCUT2D eigenvalue weighted by Crippen LogP contribution is -2.28. The molecule has 3 heteroatoms. The maximum Gasteiger partial charge on any atom is 0.262 e. The van der Waals surface area contributed by atoms with Crippen molar-refractivity contribution in [3.05, 3.63) is 64.1 Å². The van der Waals surface area contributed by atoms with E-state index < -0.39 is 0 Å². The SMILES string of the molecule is C[n+]1c(/C=C/c2ccc(Cl)cc2)sc2ccccc21. The molecule has 0 fully saturated rings. The van der Waals surface area contributed by atoms with E-state index in [1.54, 1.807) is 11.3 Å². The van der Waals surface area contributed by atoms with Gasteiger partial charge in [-0.1, -0.05) is 47.2 Å². The van der Waals surface area contributed by atoms with Crippen LogP contribution in [0.25, 0.3) is 22.4 Å². The number of aryl methyl sites for hydroxylation is 1. The van der Waals surface area contributed by atoms with Gasteiger partial charge in [0.05, 0.1) is 0 Å². The highest BCUT2D eigenvalue weighted by molar-refractivity contribution is 7.18. The Kier molecular flexibility index (Phi) is 3.36. The summed E-state index contributed by atoms with van der Waals surface area (Å²) in [7, 11) is 2.10. The minimum Gasteiger partial charge on any atom is -0.185 e. The second-order valence-electron chi connectivity index (χ2n) is 4.35. The molecule has 1 aromatic heterocycles. The summed E-state index contributed by atoms with van der Waals surface area (Å²) >= 11 is 7.68. The molecule has 2 aromatic carbocycles. The molecule has 0 spiro atoms. The Bertz CT molecular complexity index is 741. The molecule has 0 saturated heterocycles. The van der Waals surface area contributed by atoms with Gasteiger partial charge in [-0.25, -0.2) is 0 Å². The third-order valence-electron chi connectivity index (χ3n) is 3.06. The Morgan fingerprint density at radius 2 is 1.74 bits per heavy atom. The standard InChI is InChI=1S/C16H13ClNS/c1-18-14-4-2-3-5-15(14)19-16(18)11-8-12-6-9-13(17)10-7-12/h2-11H,1H3/q+1/b11-8+. The molecular weight excluding hydrogens is 274 g/mol. The average molecular weight is 287 g/mol. The van der Waals surface area contributed by atoms with Crippen LogP contribution < -0.4 is 4.57 Å². The van der Waals surface area contributed by atoms with Crippen molar-refractivity contribution in [3.63, 3.8) is 0 Å². The van der Waals surface area contributed by atoms with Crippen molar-refractivity contribution in [2.45, 2.75) is 0 Å². The Hall–Kier alpha value is -1.64. The van der Waals surface area contributed by atoms with E-state index in [0.29, 0.717) is 0 Å². The van der Waals surface area contributed by atoms with Gasteiger partial charge in [-0.15, -0.1) is 0 Å². The number of benzene rings is 2. The zero-order valence-electron chi connectivity index (χ0n) is 10.5. The lowest BCUT2D eigenvalue weighted by atomic mass is 10.2. The third kappa shape index (κ3) is 2.55. The average Bonchev–Trinajstić information content (AvgIpc) is 2.76. The summed E-state index contributed by atoms with van der Waals surface area (Å²) in [6.45, 7) is 0. The van der Waals surface area contributed by atoms with Crippen LogP contribution in [-0.4, -0.2) is 0 Å². The molecule has 0 saturated carbocycles. The molecule has 94 valence electrons. The van der Waals surface area contributed by atoms with E-state index in [0.717, 1.165) is 10.6 Å². The minimum absolute atomic E-state index is 0.768. The molecule has 0 aliphatic heterocycles. The Morgan fingerprint density at radius 3 is 2.47 bits per heavy atom. The molecule has 19 heavy (non-hydrogen) atoms. The Labute approximate surface area is 121 Å². The largest absolute Gasteiger partial charge is 0.262 e. The van der Waals surface area contributed by atoms with Crippen LogP contribution in [0.15, 0.2) is 48.5 Å². The highest BCUT2D eigenvalue weighted by Gasteiger charge is 2.12. The number of halogens is 1. The van der Waals surface area contributed by atoms with Crippen LogP contribution >= 0.6 is 22.9 Å². The molecule has 0 aliphatic rings. The number of rotatable bonds is 2. The van der Waals surface area contributed by atoms with Crippen LogP contribution in [0.3, 0.4) is 0 Å². The lowest BCUT2D eigenvalue weighted by molar-refractivity contribution is -0.642. The fourth-order valence-corrected chi connectivity index (χ4v) is 3.19. The maximum atomic E-state index is 5.88. The monoisotopic (exact) mass is 286 g/mol. The summed E-state index contributed by atoms with van der Waals surface area (Å²) in [5, 5.41) is 2.00. The first kappa shape index (κ1) is 12.4. The van der Waals surface area contributed by atoms with Gasteiger partial charge >= 0.3 is 0 Å². The summed E-state index contributed by atoms with van der Waals surface area (Å²) < 4.78 is 3.52. The van der Waals surface area contributed by atoms with Crippen LogP contribution in [0.1, 0.15) is 10.6 Å². The fourth-order valence-electron chi connectivity index (χ4n) is 2.01. The molecule has 3 rings (SSSR count). The van der Waals surface area contributed by atoms with Crippen LogP contribution in [-0.2, 0) is 7.05 Å². The van der Waals surface area contributed by atoms with E-state index in [-0.39, 0.29) is 0 Å². The van der Waals surface area contributed by atoms with Crippen molar-refractivity contribution in [1.29, 1.82) is 0 Å². The molecule has 0 unspecified atom stereocenters. The van der Waals surface area contributed by atoms with E-state index >= 15 is 0 Å². The predicted octanol–water partition coefficient (Wildman–Crippen LogP) is 4.55. The molecular formula is C16H13ClNS+. The van der Waals surface area contributed by atoms with E-state index in [9.17, 15) is 0 Å². The summed E-state index contributed by atoms with van der Waals surface area (Å²) in [5.41, 5.74) is 2.42. The fraction of sp³-hybridized carbons (Fsp3) is 0.0625. The molecule has 0 aliphatic carbocycles. The van der Waals surface area contributed by atoms with Crippen LogP contribution in [0.2, 0.25) is 5.02 Å². The highest BCUT2D eigenvalue weighted by atomic mass is 35.5. The van der Waals surface area contributed by atoms with Gasteiger partial charge in [-0.05, 0) is 29.8 Å². The van der Waals surface area contributed by atoms with Gasteiger partial charge in [0.25, 0.3) is 5.01 Å². The van der Waals surface area contributed by atoms with Gasteiger partial charge < -0.3 is 0 Å². The number of fused-ring (bicyclic) bond motifs is 1. The highest BCUT2D eigenvalue weighted by Crippen LogP contribution is 2.21. The zero-order valence-corrected chi connectivity index (χ0v) is 12.1. The molecule has 1 heterocycles. The number of thiazole rings is 1. The number of hydrogen-bond donors (Lipinski definition) is 0. The van der Waals surface area contributed by atoms with E-state index in [2.05, 4.69) is 48.0 Å². The summed E-state index contributed by atoms with van der Waals surface area (Å²) in [6.07, 6.45) is 4.26. The number of aromatic nitrogens is 1. The van der Waals surface area contributed by atoms with Crippen LogP contribution in [0.5, 0.6) is 0 Å². The first-order chi connectivity index (χ1) is 9.24. The summed E-state index contributed by atoms with van der Waals surface area (Å²) in [4.78, 5) is 0. The van der Waals surface area contributed by atoms with Crippen LogP contribution in [0.4, 0.5) is 0 Å². The quantitative estimate of drug-likeness (QED) is 0.609. The summed E-state index contributed by atoms with van der Waals surface area (Å²) in [5.74, 6) is 0. The molecule has 0 atom stereocenters. The van der Waals surface area contributed by atoms with Crippen molar-refractivity contribution >= 4 is 45.3 Å². The molecule has 1 nitrogen and oxygen atoms in total. The minimum atomic E-state index is 0.768. The Balaban J connectivity index is 1.97. The number of hydrogen-bond acceptors (Lipinski definition) is 1. The van der Waals surface area contributed by atoms with Gasteiger partial charge in [0.1, 0.15) is 11.7 Å². The zero-order chi connectivity index (χ0) is 13.2. The molecule has 0 bridgehead atoms. The van der Waals surface area contributed by atoms with E-state index in [4.69, 9.17) is 11.6 Å². The number of para-hydroxylation sites is 1. The molecule has 0 radical (unpaired) electrons. The van der Waals surface area contributed by atoms with Gasteiger partial charge in [-0.2, -0.15) is 4.57 Å². The third-order valence-corrected chi connectivity index (χ3v) is 4.50. The second kappa shape index (κ2) is 5.16. The second-order valence-corrected chi connectivity index (χ2v) is 5.85. The molecule has 3 aromatic rings. The van der Waals surface area contributed by atoms with Gasteiger partial charge in [-0.3, -0.25) is 0 Å². The van der Waals surface area contributed by atoms with Gasteiger partial charge in [0, 0.05) is 17.2 Å². The van der Waals surface area contributed by atoms with Crippen molar-refractivity contribution in [2.24, 2.45) is 7.05 Å². The lowest BCUT2D eigenvalue weighted by Gasteiger charge is -1.92. The van der Waals surface area contributed by atoms with E-state index in [1.165, 1.54) is 15.2 Å². The predicted molar refractivity (Wildman–Crippen MR) is 83.4 cm³/mol. The molecule has 0 amide bonds. The normalized spacial score (nSPS) is 11.5. The maximum absolute atomic E-state index is 5.88. The van der Waals surface area contributed by atoms with Crippen LogP contribution in [0, 0.1) is 0 Å². The van der Waals surface area contributed by atoms with Gasteiger partial charge in [0.2, 0.25) is 5.52 Å². The molecule has 0 N–H and O–H groups in total. The topological polar surface area (TPSA) is 3.88 Å². The van der Waals surface area contributed by atoms with Crippen molar-refractivity contribution < 1.29 is 4.57 Å². The van der Waals surface area contributed by atoms with Crippen molar-refractivity contribution in [2.75, 3.05) is 0 Å². The smallest absolute Gasteiger partial charge is 0.185 e. The number of nitrogens with zero attached hydrogens (tertiary/aromatic N) is 1. The Morgan fingerprint density at radius 1 is 1.00 bits per heavy atom.